The molecule has 0 atom stereocenters. The number of aromatic nitrogens is 2. The molecule has 5 nitrogen and oxygen atoms in total. The van der Waals surface area contributed by atoms with Crippen molar-refractivity contribution in [2.24, 2.45) is 0 Å². The molecular weight excluding hydrogens is 370 g/mol. The first kappa shape index (κ1) is 18.7. The van der Waals surface area contributed by atoms with Gasteiger partial charge in [-0.2, -0.15) is 0 Å². The lowest BCUT2D eigenvalue weighted by Crippen LogP contribution is -2.44. The second-order valence-corrected chi connectivity index (χ2v) is 7.59. The molecule has 3 aromatic rings. The normalized spacial score (nSPS) is 14.9. The molecule has 2 aromatic carbocycles. The van der Waals surface area contributed by atoms with Crippen molar-refractivity contribution in [1.82, 2.24) is 14.9 Å². The molecule has 144 valence electrons. The van der Waals surface area contributed by atoms with Crippen LogP contribution in [0.1, 0.15) is 5.56 Å². The van der Waals surface area contributed by atoms with E-state index in [1.54, 1.807) is 0 Å². The molecule has 0 bridgehead atoms. The van der Waals surface area contributed by atoms with Gasteiger partial charge in [0, 0.05) is 48.5 Å². The van der Waals surface area contributed by atoms with Crippen molar-refractivity contribution in [3.05, 3.63) is 65.2 Å². The SMILES string of the molecule is Cc1ccc(Nc2cc(N3CCN(C)CC3)nc(-c3ccccc3)n2)cc1Cl. The van der Waals surface area contributed by atoms with Gasteiger partial charge in [-0.3, -0.25) is 0 Å². The second kappa shape index (κ2) is 8.17. The number of anilines is 3. The Morgan fingerprint density at radius 1 is 0.929 bits per heavy atom. The van der Waals surface area contributed by atoms with E-state index in [0.717, 1.165) is 65.5 Å². The third kappa shape index (κ3) is 4.26. The highest BCUT2D eigenvalue weighted by Crippen LogP contribution is 2.27. The van der Waals surface area contributed by atoms with Gasteiger partial charge in [0.05, 0.1) is 0 Å². The summed E-state index contributed by atoms with van der Waals surface area (Å²) in [5.41, 5.74) is 2.97. The molecule has 1 fully saturated rings. The van der Waals surface area contributed by atoms with Gasteiger partial charge in [-0.05, 0) is 31.7 Å². The number of benzene rings is 2. The summed E-state index contributed by atoms with van der Waals surface area (Å²) >= 11 is 6.29. The molecule has 0 aliphatic carbocycles. The quantitative estimate of drug-likeness (QED) is 0.701. The number of piperazine rings is 1. The lowest BCUT2D eigenvalue weighted by molar-refractivity contribution is 0.312. The summed E-state index contributed by atoms with van der Waals surface area (Å²) in [6, 6.07) is 18.1. The Bertz CT molecular complexity index is 952. The van der Waals surface area contributed by atoms with Gasteiger partial charge in [0.15, 0.2) is 5.82 Å². The van der Waals surface area contributed by atoms with E-state index in [0.29, 0.717) is 0 Å². The summed E-state index contributed by atoms with van der Waals surface area (Å²) in [5, 5.41) is 4.14. The maximum Gasteiger partial charge on any atom is 0.163 e. The van der Waals surface area contributed by atoms with Crippen LogP contribution in [-0.4, -0.2) is 48.1 Å². The lowest BCUT2D eigenvalue weighted by atomic mass is 10.2. The molecule has 1 saturated heterocycles. The molecule has 28 heavy (non-hydrogen) atoms. The van der Waals surface area contributed by atoms with Crippen molar-refractivity contribution in [3.63, 3.8) is 0 Å². The van der Waals surface area contributed by atoms with E-state index in [2.05, 4.69) is 22.2 Å². The first-order chi connectivity index (χ1) is 13.6. The summed E-state index contributed by atoms with van der Waals surface area (Å²) in [6.07, 6.45) is 0. The zero-order chi connectivity index (χ0) is 19.5. The zero-order valence-electron chi connectivity index (χ0n) is 16.2. The average molecular weight is 394 g/mol. The van der Waals surface area contributed by atoms with Gasteiger partial charge in [-0.25, -0.2) is 9.97 Å². The van der Waals surface area contributed by atoms with Crippen LogP contribution in [0.15, 0.2) is 54.6 Å². The standard InChI is InChI=1S/C22H24ClN5/c1-16-8-9-18(14-19(16)23)24-20-15-21(28-12-10-27(2)11-13-28)26-22(25-20)17-6-4-3-5-7-17/h3-9,14-15H,10-13H2,1-2H3,(H,24,25,26). The van der Waals surface area contributed by atoms with Gasteiger partial charge in [-0.15, -0.1) is 0 Å². The van der Waals surface area contributed by atoms with E-state index in [4.69, 9.17) is 21.6 Å². The Kier molecular flexibility index (Phi) is 5.46. The molecule has 0 saturated carbocycles. The lowest BCUT2D eigenvalue weighted by Gasteiger charge is -2.33. The third-order valence-corrected chi connectivity index (χ3v) is 5.42. The van der Waals surface area contributed by atoms with Gasteiger partial charge < -0.3 is 15.1 Å². The van der Waals surface area contributed by atoms with Crippen molar-refractivity contribution in [2.45, 2.75) is 6.92 Å². The second-order valence-electron chi connectivity index (χ2n) is 7.18. The largest absolute Gasteiger partial charge is 0.354 e. The molecule has 1 N–H and O–H groups in total. The zero-order valence-corrected chi connectivity index (χ0v) is 16.9. The number of nitrogens with zero attached hydrogens (tertiary/aromatic N) is 4. The number of halogens is 1. The maximum atomic E-state index is 6.29. The topological polar surface area (TPSA) is 44.3 Å². The van der Waals surface area contributed by atoms with Gasteiger partial charge in [0.2, 0.25) is 0 Å². The third-order valence-electron chi connectivity index (χ3n) is 5.02. The van der Waals surface area contributed by atoms with Crippen LogP contribution in [0.25, 0.3) is 11.4 Å². The van der Waals surface area contributed by atoms with Crippen LogP contribution in [0.4, 0.5) is 17.3 Å². The Morgan fingerprint density at radius 2 is 1.68 bits per heavy atom. The number of rotatable bonds is 4. The van der Waals surface area contributed by atoms with Crippen LogP contribution in [0.5, 0.6) is 0 Å². The van der Waals surface area contributed by atoms with Crippen LogP contribution < -0.4 is 10.2 Å². The molecule has 1 aliphatic heterocycles. The Hall–Kier alpha value is -2.63. The minimum Gasteiger partial charge on any atom is -0.354 e. The van der Waals surface area contributed by atoms with E-state index in [1.165, 1.54) is 0 Å². The van der Waals surface area contributed by atoms with Crippen molar-refractivity contribution in [1.29, 1.82) is 0 Å². The highest BCUT2D eigenvalue weighted by Gasteiger charge is 2.18. The number of aryl methyl sites for hydroxylation is 1. The van der Waals surface area contributed by atoms with E-state index < -0.39 is 0 Å². The predicted molar refractivity (Wildman–Crippen MR) is 117 cm³/mol. The summed E-state index contributed by atoms with van der Waals surface area (Å²) in [5.74, 6) is 2.43. The minimum absolute atomic E-state index is 0.720. The minimum atomic E-state index is 0.720. The van der Waals surface area contributed by atoms with Gasteiger partial charge in [-0.1, -0.05) is 48.0 Å². The number of nitrogens with one attached hydrogen (secondary N) is 1. The van der Waals surface area contributed by atoms with Gasteiger partial charge in [0.25, 0.3) is 0 Å². The van der Waals surface area contributed by atoms with E-state index in [9.17, 15) is 0 Å². The Balaban J connectivity index is 1.70. The predicted octanol–water partition coefficient (Wildman–Crippen LogP) is 4.60. The molecular formula is C22H24ClN5. The van der Waals surface area contributed by atoms with E-state index in [1.807, 2.05) is 61.5 Å². The number of hydrogen-bond donors (Lipinski definition) is 1. The highest BCUT2D eigenvalue weighted by atomic mass is 35.5. The van der Waals surface area contributed by atoms with Crippen LogP contribution in [0.3, 0.4) is 0 Å². The van der Waals surface area contributed by atoms with Crippen molar-refractivity contribution >= 4 is 28.9 Å². The molecule has 1 aromatic heterocycles. The fraction of sp³-hybridized carbons (Fsp3) is 0.273. The first-order valence-corrected chi connectivity index (χ1v) is 9.87. The average Bonchev–Trinajstić information content (AvgIpc) is 2.72. The molecule has 1 aliphatic rings. The molecule has 2 heterocycles. The molecule has 6 heteroatoms. The molecule has 0 spiro atoms. The molecule has 0 radical (unpaired) electrons. The summed E-state index contributed by atoms with van der Waals surface area (Å²) in [6.45, 7) is 5.97. The molecule has 4 rings (SSSR count). The van der Waals surface area contributed by atoms with Crippen molar-refractivity contribution in [2.75, 3.05) is 43.4 Å². The van der Waals surface area contributed by atoms with Crippen LogP contribution >= 0.6 is 11.6 Å². The monoisotopic (exact) mass is 393 g/mol. The molecule has 0 amide bonds. The summed E-state index contributed by atoms with van der Waals surface area (Å²) < 4.78 is 0. The van der Waals surface area contributed by atoms with Gasteiger partial charge >= 0.3 is 0 Å². The van der Waals surface area contributed by atoms with Crippen molar-refractivity contribution in [3.8, 4) is 11.4 Å². The van der Waals surface area contributed by atoms with Gasteiger partial charge in [0.1, 0.15) is 11.6 Å². The number of hydrogen-bond acceptors (Lipinski definition) is 5. The fourth-order valence-electron chi connectivity index (χ4n) is 3.23. The fourth-order valence-corrected chi connectivity index (χ4v) is 3.41. The van der Waals surface area contributed by atoms with E-state index in [-0.39, 0.29) is 0 Å². The summed E-state index contributed by atoms with van der Waals surface area (Å²) in [7, 11) is 2.15. The maximum absolute atomic E-state index is 6.29. The van der Waals surface area contributed by atoms with Crippen LogP contribution in [-0.2, 0) is 0 Å². The highest BCUT2D eigenvalue weighted by molar-refractivity contribution is 6.31. The van der Waals surface area contributed by atoms with Crippen LogP contribution in [0.2, 0.25) is 5.02 Å². The number of likely N-dealkylation sites (N-methyl/N-ethyl adjacent to an activating group) is 1. The Morgan fingerprint density at radius 3 is 2.39 bits per heavy atom. The smallest absolute Gasteiger partial charge is 0.163 e. The van der Waals surface area contributed by atoms with Crippen LogP contribution in [0, 0.1) is 6.92 Å². The molecule has 0 unspecified atom stereocenters. The first-order valence-electron chi connectivity index (χ1n) is 9.50. The Labute approximate surface area is 171 Å². The summed E-state index contributed by atoms with van der Waals surface area (Å²) in [4.78, 5) is 14.3. The van der Waals surface area contributed by atoms with Crippen molar-refractivity contribution < 1.29 is 0 Å². The van der Waals surface area contributed by atoms with E-state index >= 15 is 0 Å².